The number of carboxylic acid groups (broad SMARTS) is 1. The molecule has 1 saturated carbocycles. The van der Waals surface area contributed by atoms with Gasteiger partial charge in [0.2, 0.25) is 0 Å². The first kappa shape index (κ1) is 8.07. The molecule has 0 aromatic rings. The number of hydrogen-bond donors (Lipinski definition) is 1. The average Bonchev–Trinajstić information content (AvgIpc) is 1.23. The SMILES string of the molecule is O=C(O)C1CCC1.[H-].[Li+]. The van der Waals surface area contributed by atoms with Gasteiger partial charge in [-0.15, -0.1) is 0 Å². The Bertz CT molecular complexity index is 93.0. The summed E-state index contributed by atoms with van der Waals surface area (Å²) in [5, 5.41) is 8.23. The van der Waals surface area contributed by atoms with E-state index in [-0.39, 0.29) is 26.2 Å². The summed E-state index contributed by atoms with van der Waals surface area (Å²) in [7, 11) is 0. The van der Waals surface area contributed by atoms with Crippen molar-refractivity contribution in [1.82, 2.24) is 0 Å². The van der Waals surface area contributed by atoms with Crippen LogP contribution in [-0.4, -0.2) is 11.1 Å². The van der Waals surface area contributed by atoms with Gasteiger partial charge in [-0.1, -0.05) is 6.42 Å². The van der Waals surface area contributed by atoms with Crippen molar-refractivity contribution in [3.63, 3.8) is 0 Å². The molecule has 0 spiro atoms. The van der Waals surface area contributed by atoms with Crippen molar-refractivity contribution in [2.24, 2.45) is 5.92 Å². The first-order chi connectivity index (χ1) is 3.30. The Kier molecular flexibility index (Phi) is 3.19. The third-order valence-corrected chi connectivity index (χ3v) is 1.45. The Morgan fingerprint density at radius 3 is 2.12 bits per heavy atom. The third-order valence-electron chi connectivity index (χ3n) is 1.45. The monoisotopic (exact) mass is 108 g/mol. The van der Waals surface area contributed by atoms with Gasteiger partial charge in [0.25, 0.3) is 0 Å². The minimum absolute atomic E-state index is 0. The normalized spacial score (nSPS) is 18.5. The molecule has 1 rings (SSSR count). The second-order valence-electron chi connectivity index (χ2n) is 1.97. The van der Waals surface area contributed by atoms with Crippen molar-refractivity contribution < 1.29 is 30.2 Å². The van der Waals surface area contributed by atoms with Gasteiger partial charge in [0, 0.05) is 0 Å². The Morgan fingerprint density at radius 2 is 2.12 bits per heavy atom. The van der Waals surface area contributed by atoms with Gasteiger partial charge in [-0.2, -0.15) is 0 Å². The summed E-state index contributed by atoms with van der Waals surface area (Å²) in [5.74, 6) is -0.619. The van der Waals surface area contributed by atoms with Gasteiger partial charge >= 0.3 is 24.8 Å². The third kappa shape index (κ3) is 1.54. The molecule has 42 valence electrons. The van der Waals surface area contributed by atoms with Gasteiger partial charge in [-0.05, 0) is 12.8 Å². The van der Waals surface area contributed by atoms with E-state index >= 15 is 0 Å². The maximum Gasteiger partial charge on any atom is 1.00 e. The molecule has 1 fully saturated rings. The zero-order chi connectivity index (χ0) is 5.28. The average molecular weight is 108 g/mol. The fourth-order valence-electron chi connectivity index (χ4n) is 0.655. The molecule has 1 N–H and O–H groups in total. The molecule has 8 heavy (non-hydrogen) atoms. The first-order valence-electron chi connectivity index (χ1n) is 2.53. The maximum atomic E-state index is 9.98. The summed E-state index contributed by atoms with van der Waals surface area (Å²) in [4.78, 5) is 9.98. The van der Waals surface area contributed by atoms with Crippen molar-refractivity contribution in [3.8, 4) is 0 Å². The Hall–Kier alpha value is 0.0674. The molecule has 3 heteroatoms. The molecule has 0 radical (unpaired) electrons. The minimum atomic E-state index is -0.619. The van der Waals surface area contributed by atoms with Gasteiger partial charge in [0.15, 0.2) is 0 Å². The van der Waals surface area contributed by atoms with Crippen LogP contribution in [0.1, 0.15) is 20.7 Å². The molecule has 2 nitrogen and oxygen atoms in total. The summed E-state index contributed by atoms with van der Waals surface area (Å²) in [6.07, 6.45) is 2.90. The predicted molar refractivity (Wildman–Crippen MR) is 26.1 cm³/mol. The zero-order valence-corrected chi connectivity index (χ0v) is 5.05. The number of aliphatic carboxylic acids is 1. The van der Waals surface area contributed by atoms with Gasteiger partial charge in [-0.3, -0.25) is 4.79 Å². The van der Waals surface area contributed by atoms with Crippen LogP contribution in [0.5, 0.6) is 0 Å². The van der Waals surface area contributed by atoms with E-state index in [0.29, 0.717) is 0 Å². The predicted octanol–water partition coefficient (Wildman–Crippen LogP) is -2.01. The van der Waals surface area contributed by atoms with Crippen LogP contribution in [-0.2, 0) is 4.79 Å². The van der Waals surface area contributed by atoms with Crippen LogP contribution in [0, 0.1) is 5.92 Å². The summed E-state index contributed by atoms with van der Waals surface area (Å²) >= 11 is 0. The number of carboxylic acids is 1. The molecule has 1 aliphatic rings. The molecule has 0 aromatic carbocycles. The number of rotatable bonds is 1. The summed E-state index contributed by atoms with van der Waals surface area (Å²) in [6, 6.07) is 0. The summed E-state index contributed by atoms with van der Waals surface area (Å²) in [5.41, 5.74) is 0. The van der Waals surface area contributed by atoms with Crippen LogP contribution < -0.4 is 18.9 Å². The van der Waals surface area contributed by atoms with Crippen LogP contribution in [0.3, 0.4) is 0 Å². The Morgan fingerprint density at radius 1 is 1.62 bits per heavy atom. The van der Waals surface area contributed by atoms with Crippen LogP contribution in [0.4, 0.5) is 0 Å². The molecule has 0 saturated heterocycles. The summed E-state index contributed by atoms with van der Waals surface area (Å²) < 4.78 is 0. The smallest absolute Gasteiger partial charge is 1.00 e. The number of hydrogen-bond acceptors (Lipinski definition) is 1. The Balaban J connectivity index is 0. The van der Waals surface area contributed by atoms with E-state index in [1.807, 2.05) is 0 Å². The summed E-state index contributed by atoms with van der Waals surface area (Å²) in [6.45, 7) is 0. The molecule has 0 atom stereocenters. The van der Waals surface area contributed by atoms with Crippen molar-refractivity contribution >= 4 is 5.97 Å². The van der Waals surface area contributed by atoms with Crippen LogP contribution in [0.15, 0.2) is 0 Å². The van der Waals surface area contributed by atoms with E-state index in [0.717, 1.165) is 19.3 Å². The van der Waals surface area contributed by atoms with Gasteiger partial charge in [-0.25, -0.2) is 0 Å². The van der Waals surface area contributed by atoms with E-state index in [9.17, 15) is 4.79 Å². The van der Waals surface area contributed by atoms with Crippen molar-refractivity contribution in [2.45, 2.75) is 19.3 Å². The zero-order valence-electron chi connectivity index (χ0n) is 6.05. The standard InChI is InChI=1S/C5H8O2.Li.H/c6-5(7)4-2-1-3-4;;/h4H,1-3H2,(H,6,7);;/q;+1;-1. The largest absolute Gasteiger partial charge is 1.00 e. The van der Waals surface area contributed by atoms with Crippen molar-refractivity contribution in [1.29, 1.82) is 0 Å². The van der Waals surface area contributed by atoms with Gasteiger partial charge in [0.1, 0.15) is 0 Å². The van der Waals surface area contributed by atoms with Crippen LogP contribution in [0.2, 0.25) is 0 Å². The molecule has 0 aliphatic heterocycles. The molecule has 1 aliphatic carbocycles. The van der Waals surface area contributed by atoms with Crippen LogP contribution in [0.25, 0.3) is 0 Å². The fourth-order valence-corrected chi connectivity index (χ4v) is 0.655. The number of carbonyl (C=O) groups is 1. The second-order valence-corrected chi connectivity index (χ2v) is 1.97. The van der Waals surface area contributed by atoms with Crippen molar-refractivity contribution in [3.05, 3.63) is 0 Å². The molecule has 0 unspecified atom stereocenters. The van der Waals surface area contributed by atoms with Crippen molar-refractivity contribution in [2.75, 3.05) is 0 Å². The van der Waals surface area contributed by atoms with E-state index in [4.69, 9.17) is 5.11 Å². The van der Waals surface area contributed by atoms with Gasteiger partial charge in [0.05, 0.1) is 5.92 Å². The minimum Gasteiger partial charge on any atom is -1.00 e. The Labute approximate surface area is 61.9 Å². The molecule has 0 heterocycles. The van der Waals surface area contributed by atoms with E-state index < -0.39 is 5.97 Å². The van der Waals surface area contributed by atoms with Gasteiger partial charge < -0.3 is 6.53 Å². The molecule has 0 amide bonds. The topological polar surface area (TPSA) is 37.3 Å². The second kappa shape index (κ2) is 3.16. The molecule has 0 aromatic heterocycles. The van der Waals surface area contributed by atoms with E-state index in [1.54, 1.807) is 0 Å². The fraction of sp³-hybridized carbons (Fsp3) is 0.800. The molecular formula is C5H9LiO2. The van der Waals surface area contributed by atoms with E-state index in [1.165, 1.54) is 0 Å². The quantitative estimate of drug-likeness (QED) is 0.394. The molecule has 0 bridgehead atoms. The first-order valence-corrected chi connectivity index (χ1v) is 2.53. The maximum absolute atomic E-state index is 9.98. The molecular weight excluding hydrogens is 99.0 g/mol. The van der Waals surface area contributed by atoms with Crippen LogP contribution >= 0.6 is 0 Å². The van der Waals surface area contributed by atoms with E-state index in [2.05, 4.69) is 0 Å².